The van der Waals surface area contributed by atoms with E-state index >= 15 is 0 Å². The van der Waals surface area contributed by atoms with E-state index in [1.165, 1.54) is 5.56 Å². The molecule has 1 N–H and O–H groups in total. The van der Waals surface area contributed by atoms with Crippen LogP contribution in [-0.2, 0) is 15.9 Å². The van der Waals surface area contributed by atoms with Crippen molar-refractivity contribution in [3.8, 4) is 11.5 Å². The lowest BCUT2D eigenvalue weighted by atomic mass is 10.1. The molecule has 0 radical (unpaired) electrons. The lowest BCUT2D eigenvalue weighted by Crippen LogP contribution is -2.47. The van der Waals surface area contributed by atoms with Gasteiger partial charge in [-0.25, -0.2) is 0 Å². The van der Waals surface area contributed by atoms with Gasteiger partial charge in [-0.3, -0.25) is 4.99 Å². The van der Waals surface area contributed by atoms with Crippen molar-refractivity contribution in [1.29, 1.82) is 0 Å². The summed E-state index contributed by atoms with van der Waals surface area (Å²) in [6.45, 7) is 9.51. The Balaban J connectivity index is 0.00000480. The first-order chi connectivity index (χ1) is 14.7. The Morgan fingerprint density at radius 1 is 1.10 bits per heavy atom. The first-order valence-corrected chi connectivity index (χ1v) is 11.2. The summed E-state index contributed by atoms with van der Waals surface area (Å²) in [5, 5.41) is 3.50. The second-order valence-corrected chi connectivity index (χ2v) is 7.27. The number of likely N-dealkylation sites (tertiary alicyclic amines) is 1. The molecule has 7 nitrogen and oxygen atoms in total. The molecular formula is C23H40IN3O4. The number of halogens is 1. The fourth-order valence-corrected chi connectivity index (χ4v) is 3.59. The summed E-state index contributed by atoms with van der Waals surface area (Å²) in [7, 11) is 3.57. The van der Waals surface area contributed by atoms with Gasteiger partial charge in [0.1, 0.15) is 0 Å². The van der Waals surface area contributed by atoms with Crippen LogP contribution in [0.2, 0.25) is 0 Å². The van der Waals surface area contributed by atoms with Gasteiger partial charge in [0.05, 0.1) is 19.3 Å². The molecule has 0 bridgehead atoms. The van der Waals surface area contributed by atoms with E-state index in [2.05, 4.69) is 27.3 Å². The Morgan fingerprint density at radius 2 is 1.81 bits per heavy atom. The highest BCUT2D eigenvalue weighted by atomic mass is 127. The number of benzene rings is 1. The topological polar surface area (TPSA) is 64.6 Å². The molecule has 1 aliphatic rings. The van der Waals surface area contributed by atoms with Gasteiger partial charge < -0.3 is 29.2 Å². The van der Waals surface area contributed by atoms with Gasteiger partial charge in [-0.05, 0) is 57.2 Å². The lowest BCUT2D eigenvalue weighted by Gasteiger charge is -2.34. The van der Waals surface area contributed by atoms with E-state index in [0.29, 0.717) is 19.3 Å². The smallest absolute Gasteiger partial charge is 0.193 e. The van der Waals surface area contributed by atoms with Crippen LogP contribution < -0.4 is 14.8 Å². The maximum absolute atomic E-state index is 5.95. The predicted molar refractivity (Wildman–Crippen MR) is 136 cm³/mol. The van der Waals surface area contributed by atoms with Crippen molar-refractivity contribution < 1.29 is 18.9 Å². The van der Waals surface area contributed by atoms with Gasteiger partial charge in [-0.1, -0.05) is 6.07 Å². The average Bonchev–Trinajstić information content (AvgIpc) is 2.77. The fourth-order valence-electron chi connectivity index (χ4n) is 3.59. The number of hydrogen-bond donors (Lipinski definition) is 1. The van der Waals surface area contributed by atoms with E-state index in [1.54, 1.807) is 7.11 Å². The molecule has 0 spiro atoms. The molecule has 0 aromatic heterocycles. The molecule has 1 saturated heterocycles. The Bertz CT molecular complexity index is 637. The number of methoxy groups -OCH3 is 1. The third-order valence-electron chi connectivity index (χ3n) is 5.10. The van der Waals surface area contributed by atoms with Crippen LogP contribution in [-0.4, -0.2) is 77.2 Å². The van der Waals surface area contributed by atoms with Gasteiger partial charge in [0.2, 0.25) is 0 Å². The highest BCUT2D eigenvalue weighted by Gasteiger charge is 2.21. The summed E-state index contributed by atoms with van der Waals surface area (Å²) in [4.78, 5) is 6.79. The Hall–Kier alpha value is -1.26. The van der Waals surface area contributed by atoms with Crippen molar-refractivity contribution in [3.63, 3.8) is 0 Å². The summed E-state index contributed by atoms with van der Waals surface area (Å²) in [6, 6.07) is 6.17. The predicted octanol–water partition coefficient (Wildman–Crippen LogP) is 3.74. The molecule has 1 aromatic rings. The van der Waals surface area contributed by atoms with Crippen LogP contribution >= 0.6 is 24.0 Å². The highest BCUT2D eigenvalue weighted by Crippen LogP contribution is 2.28. The van der Waals surface area contributed by atoms with Crippen molar-refractivity contribution >= 4 is 29.9 Å². The minimum absolute atomic E-state index is 0. The molecule has 0 amide bonds. The molecule has 0 unspecified atom stereocenters. The van der Waals surface area contributed by atoms with Crippen LogP contribution in [0.5, 0.6) is 11.5 Å². The van der Waals surface area contributed by atoms with Crippen LogP contribution in [0.1, 0.15) is 38.7 Å². The number of ether oxygens (including phenoxy) is 4. The molecular weight excluding hydrogens is 509 g/mol. The number of rotatable bonds is 12. The normalized spacial score (nSPS) is 14.8. The quantitative estimate of drug-likeness (QED) is 0.186. The molecule has 0 atom stereocenters. The molecule has 2 rings (SSSR count). The van der Waals surface area contributed by atoms with E-state index in [9.17, 15) is 0 Å². The number of guanidine groups is 1. The van der Waals surface area contributed by atoms with Crippen molar-refractivity contribution in [3.05, 3.63) is 23.8 Å². The van der Waals surface area contributed by atoms with Gasteiger partial charge in [-0.2, -0.15) is 0 Å². The Kier molecular flexibility index (Phi) is 14.7. The second-order valence-electron chi connectivity index (χ2n) is 7.27. The Labute approximate surface area is 204 Å². The van der Waals surface area contributed by atoms with Crippen molar-refractivity contribution in [2.75, 3.05) is 60.2 Å². The molecule has 0 saturated carbocycles. The van der Waals surface area contributed by atoms with Gasteiger partial charge in [0, 0.05) is 47.0 Å². The molecule has 1 heterocycles. The third kappa shape index (κ3) is 9.82. The largest absolute Gasteiger partial charge is 0.490 e. The molecule has 1 aliphatic heterocycles. The molecule has 8 heteroatoms. The highest BCUT2D eigenvalue weighted by molar-refractivity contribution is 14.0. The maximum Gasteiger partial charge on any atom is 0.193 e. The average molecular weight is 549 g/mol. The fraction of sp³-hybridized carbons (Fsp3) is 0.696. The minimum atomic E-state index is 0. The monoisotopic (exact) mass is 549 g/mol. The van der Waals surface area contributed by atoms with E-state index < -0.39 is 0 Å². The number of hydrogen-bond acceptors (Lipinski definition) is 5. The standard InChI is InChI=1S/C23H39N3O4.HI/c1-5-28-21-9-8-19(18-22(21)29-6-2)10-13-25-23(24-3)26-14-11-20(12-15-26)30-17-7-16-27-4;/h8-9,18,20H,5-7,10-17H2,1-4H3,(H,24,25);1H. The van der Waals surface area contributed by atoms with Crippen molar-refractivity contribution in [2.24, 2.45) is 4.99 Å². The van der Waals surface area contributed by atoms with Crippen LogP contribution in [0, 0.1) is 0 Å². The third-order valence-corrected chi connectivity index (χ3v) is 5.10. The lowest BCUT2D eigenvalue weighted by molar-refractivity contribution is 0.00992. The van der Waals surface area contributed by atoms with Crippen molar-refractivity contribution in [1.82, 2.24) is 10.2 Å². The van der Waals surface area contributed by atoms with E-state index in [1.807, 2.05) is 27.0 Å². The summed E-state index contributed by atoms with van der Waals surface area (Å²) < 4.78 is 22.4. The van der Waals surface area contributed by atoms with Gasteiger partial charge in [-0.15, -0.1) is 24.0 Å². The zero-order chi connectivity index (χ0) is 21.6. The van der Waals surface area contributed by atoms with E-state index in [4.69, 9.17) is 18.9 Å². The second kappa shape index (κ2) is 16.4. The van der Waals surface area contributed by atoms with Crippen LogP contribution in [0.3, 0.4) is 0 Å². The number of aliphatic imine (C=N–C) groups is 1. The zero-order valence-electron chi connectivity index (χ0n) is 19.5. The number of nitrogens with one attached hydrogen (secondary N) is 1. The molecule has 1 aromatic carbocycles. The van der Waals surface area contributed by atoms with Gasteiger partial charge in [0.25, 0.3) is 0 Å². The summed E-state index contributed by atoms with van der Waals surface area (Å²) >= 11 is 0. The van der Waals surface area contributed by atoms with Gasteiger partial charge >= 0.3 is 0 Å². The first kappa shape index (κ1) is 27.8. The maximum atomic E-state index is 5.95. The first-order valence-electron chi connectivity index (χ1n) is 11.2. The van der Waals surface area contributed by atoms with Gasteiger partial charge in [0.15, 0.2) is 17.5 Å². The summed E-state index contributed by atoms with van der Waals surface area (Å²) in [5.41, 5.74) is 1.22. The summed E-state index contributed by atoms with van der Waals surface area (Å²) in [6.07, 6.45) is 4.26. The zero-order valence-corrected chi connectivity index (χ0v) is 21.9. The number of piperidine rings is 1. The minimum Gasteiger partial charge on any atom is -0.490 e. The Morgan fingerprint density at radius 3 is 2.45 bits per heavy atom. The van der Waals surface area contributed by atoms with Crippen molar-refractivity contribution in [2.45, 2.75) is 45.6 Å². The van der Waals surface area contributed by atoms with E-state index in [-0.39, 0.29) is 24.0 Å². The molecule has 0 aliphatic carbocycles. The summed E-state index contributed by atoms with van der Waals surface area (Å²) in [5.74, 6) is 2.58. The SMILES string of the molecule is CCOc1ccc(CCNC(=NC)N2CCC(OCCCOC)CC2)cc1OCC.I. The van der Waals surface area contributed by atoms with E-state index in [0.717, 1.165) is 76.0 Å². The molecule has 1 fully saturated rings. The molecule has 178 valence electrons. The molecule has 31 heavy (non-hydrogen) atoms. The van der Waals surface area contributed by atoms with Crippen LogP contribution in [0.15, 0.2) is 23.2 Å². The number of nitrogens with zero attached hydrogens (tertiary/aromatic N) is 2. The van der Waals surface area contributed by atoms with Crippen LogP contribution in [0.25, 0.3) is 0 Å². The van der Waals surface area contributed by atoms with Crippen LogP contribution in [0.4, 0.5) is 0 Å².